The number of nitrogens with zero attached hydrogens (tertiary/aromatic N) is 2. The number of hydrogen-bond acceptors (Lipinski definition) is 4. The highest BCUT2D eigenvalue weighted by atomic mass is 35.5. The average molecular weight is 505 g/mol. The molecule has 0 aromatic heterocycles. The molecule has 0 aliphatic carbocycles. The summed E-state index contributed by atoms with van der Waals surface area (Å²) in [4.78, 5) is 27.5. The normalized spacial score (nSPS) is 16.4. The minimum absolute atomic E-state index is 0.0432. The van der Waals surface area contributed by atoms with Crippen LogP contribution in [0, 0.1) is 0 Å². The van der Waals surface area contributed by atoms with E-state index in [4.69, 9.17) is 11.6 Å². The number of carbonyl (C=O) groups is 2. The summed E-state index contributed by atoms with van der Waals surface area (Å²) in [5.74, 6) is -1.04. The van der Waals surface area contributed by atoms with Gasteiger partial charge in [0.15, 0.2) is 0 Å². The zero-order valence-electron chi connectivity index (χ0n) is 18.5. The lowest BCUT2D eigenvalue weighted by atomic mass is 10.1. The molecule has 176 valence electrons. The van der Waals surface area contributed by atoms with Gasteiger partial charge in [-0.05, 0) is 46.7 Å². The Morgan fingerprint density at radius 2 is 1.49 bits per heavy atom. The first-order valence-corrected chi connectivity index (χ1v) is 12.8. The number of carbonyl (C=O) groups excluding carboxylic acids is 2. The van der Waals surface area contributed by atoms with Gasteiger partial charge in [-0.3, -0.25) is 9.59 Å². The van der Waals surface area contributed by atoms with E-state index in [1.807, 2.05) is 24.3 Å². The van der Waals surface area contributed by atoms with Crippen molar-refractivity contribution in [2.45, 2.75) is 23.9 Å². The molecule has 1 fully saturated rings. The fourth-order valence-electron chi connectivity index (χ4n) is 4.31. The topological polar surface area (TPSA) is 74.8 Å². The van der Waals surface area contributed by atoms with Crippen LogP contribution in [0.5, 0.6) is 0 Å². The largest absolute Gasteiger partial charge is 0.274 e. The van der Waals surface area contributed by atoms with Crippen molar-refractivity contribution in [2.24, 2.45) is 0 Å². The van der Waals surface area contributed by atoms with Crippen LogP contribution in [0.15, 0.2) is 102 Å². The van der Waals surface area contributed by atoms with E-state index in [-0.39, 0.29) is 17.9 Å². The average Bonchev–Trinajstić information content (AvgIpc) is 3.16. The van der Waals surface area contributed by atoms with Crippen molar-refractivity contribution in [1.82, 2.24) is 4.31 Å². The zero-order valence-corrected chi connectivity index (χ0v) is 20.1. The predicted octanol–water partition coefficient (Wildman–Crippen LogP) is 5.02. The first-order chi connectivity index (χ1) is 16.9. The van der Waals surface area contributed by atoms with Gasteiger partial charge in [0.1, 0.15) is 6.04 Å². The van der Waals surface area contributed by atoms with Crippen LogP contribution >= 0.6 is 11.6 Å². The maximum atomic E-state index is 14.0. The molecule has 0 bridgehead atoms. The van der Waals surface area contributed by atoms with Gasteiger partial charge in [0.2, 0.25) is 15.9 Å². The first kappa shape index (κ1) is 23.2. The number of rotatable bonds is 6. The lowest BCUT2D eigenvalue weighted by molar-refractivity contribution is -0.122. The molecule has 0 spiro atoms. The SMILES string of the molecule is O=C1CC(N(Cc2ccccc2Cl)S(=O)(=O)c2ccc3ccccc3c2)C(=O)N1c1ccccc1. The number of halogens is 1. The molecular weight excluding hydrogens is 484 g/mol. The maximum Gasteiger partial charge on any atom is 0.252 e. The Bertz CT molecular complexity index is 1540. The van der Waals surface area contributed by atoms with E-state index in [2.05, 4.69) is 0 Å². The molecule has 1 heterocycles. The lowest BCUT2D eigenvalue weighted by Gasteiger charge is -2.27. The van der Waals surface area contributed by atoms with E-state index < -0.39 is 27.9 Å². The highest BCUT2D eigenvalue weighted by Crippen LogP contribution is 2.32. The van der Waals surface area contributed by atoms with Crippen molar-refractivity contribution >= 4 is 49.9 Å². The Morgan fingerprint density at radius 3 is 2.23 bits per heavy atom. The van der Waals surface area contributed by atoms with Crippen molar-refractivity contribution in [3.05, 3.63) is 108 Å². The molecule has 5 rings (SSSR count). The van der Waals surface area contributed by atoms with Crippen molar-refractivity contribution in [1.29, 1.82) is 0 Å². The number of hydrogen-bond donors (Lipinski definition) is 0. The van der Waals surface area contributed by atoms with Gasteiger partial charge in [-0.2, -0.15) is 4.31 Å². The maximum absolute atomic E-state index is 14.0. The smallest absolute Gasteiger partial charge is 0.252 e. The first-order valence-electron chi connectivity index (χ1n) is 11.0. The molecular formula is C27H21ClN2O4S. The third-order valence-electron chi connectivity index (χ3n) is 6.10. The predicted molar refractivity (Wildman–Crippen MR) is 135 cm³/mol. The molecule has 1 unspecified atom stereocenters. The molecule has 1 aliphatic heterocycles. The Morgan fingerprint density at radius 1 is 0.829 bits per heavy atom. The quantitative estimate of drug-likeness (QED) is 0.346. The van der Waals surface area contributed by atoms with E-state index in [0.29, 0.717) is 16.3 Å². The van der Waals surface area contributed by atoms with Crippen LogP contribution in [0.3, 0.4) is 0 Å². The standard InChI is InChI=1S/C27H21ClN2O4S/c28-24-13-7-6-10-21(24)18-29(25-17-26(31)30(27(25)32)22-11-2-1-3-12-22)35(33,34)23-15-14-19-8-4-5-9-20(19)16-23/h1-16,25H,17-18H2. The molecule has 0 N–H and O–H groups in total. The number of sulfonamides is 1. The molecule has 0 saturated carbocycles. The van der Waals surface area contributed by atoms with E-state index in [9.17, 15) is 18.0 Å². The van der Waals surface area contributed by atoms with E-state index >= 15 is 0 Å². The third kappa shape index (κ3) is 4.34. The monoisotopic (exact) mass is 504 g/mol. The zero-order chi connectivity index (χ0) is 24.6. The molecule has 35 heavy (non-hydrogen) atoms. The molecule has 8 heteroatoms. The van der Waals surface area contributed by atoms with E-state index in [1.165, 1.54) is 6.07 Å². The second-order valence-corrected chi connectivity index (χ2v) is 10.6. The summed E-state index contributed by atoms with van der Waals surface area (Å²) in [7, 11) is -4.18. The van der Waals surface area contributed by atoms with Crippen LogP contribution in [-0.4, -0.2) is 30.6 Å². The van der Waals surface area contributed by atoms with Crippen LogP contribution in [0.2, 0.25) is 5.02 Å². The van der Waals surface area contributed by atoms with Crippen LogP contribution in [0.25, 0.3) is 10.8 Å². The van der Waals surface area contributed by atoms with E-state index in [0.717, 1.165) is 20.0 Å². The summed E-state index contributed by atoms with van der Waals surface area (Å²) < 4.78 is 29.0. The second kappa shape index (κ2) is 9.26. The number of fused-ring (bicyclic) bond motifs is 1. The number of benzene rings is 4. The highest BCUT2D eigenvalue weighted by Gasteiger charge is 2.47. The highest BCUT2D eigenvalue weighted by molar-refractivity contribution is 7.89. The van der Waals surface area contributed by atoms with E-state index in [1.54, 1.807) is 66.7 Å². The molecule has 1 aliphatic rings. The Balaban J connectivity index is 1.60. The Labute approximate surface area is 208 Å². The number of anilines is 1. The Kier molecular flexibility index (Phi) is 6.15. The minimum Gasteiger partial charge on any atom is -0.274 e. The molecule has 4 aromatic carbocycles. The molecule has 2 amide bonds. The van der Waals surface area contributed by atoms with Crippen molar-refractivity contribution < 1.29 is 18.0 Å². The summed E-state index contributed by atoms with van der Waals surface area (Å²) in [5.41, 5.74) is 0.947. The second-order valence-electron chi connectivity index (χ2n) is 8.27. The van der Waals surface area contributed by atoms with Gasteiger partial charge >= 0.3 is 0 Å². The van der Waals surface area contributed by atoms with Crippen LogP contribution < -0.4 is 4.90 Å². The molecule has 1 atom stereocenters. The number of amides is 2. The van der Waals surface area contributed by atoms with Crippen LogP contribution in [0.4, 0.5) is 5.69 Å². The summed E-state index contributed by atoms with van der Waals surface area (Å²) in [6.07, 6.45) is -0.259. The van der Waals surface area contributed by atoms with Gasteiger partial charge in [0.05, 0.1) is 17.0 Å². The molecule has 4 aromatic rings. The fourth-order valence-corrected chi connectivity index (χ4v) is 6.10. The van der Waals surface area contributed by atoms with Gasteiger partial charge in [-0.25, -0.2) is 13.3 Å². The summed E-state index contributed by atoms with van der Waals surface area (Å²) in [6.45, 7) is -0.152. The van der Waals surface area contributed by atoms with Gasteiger partial charge in [-0.1, -0.05) is 78.3 Å². The van der Waals surface area contributed by atoms with Gasteiger partial charge < -0.3 is 0 Å². The number of imide groups is 1. The van der Waals surface area contributed by atoms with Gasteiger partial charge in [0.25, 0.3) is 5.91 Å². The van der Waals surface area contributed by atoms with Gasteiger partial charge in [0, 0.05) is 11.6 Å². The Hall–Kier alpha value is -3.52. The summed E-state index contributed by atoms with van der Waals surface area (Å²) >= 11 is 6.36. The lowest BCUT2D eigenvalue weighted by Crippen LogP contribution is -2.45. The molecule has 6 nitrogen and oxygen atoms in total. The number of para-hydroxylation sites is 1. The summed E-state index contributed by atoms with van der Waals surface area (Å²) in [5, 5.41) is 2.03. The van der Waals surface area contributed by atoms with Crippen molar-refractivity contribution in [2.75, 3.05) is 4.90 Å². The fraction of sp³-hybridized carbons (Fsp3) is 0.111. The third-order valence-corrected chi connectivity index (χ3v) is 8.32. The summed E-state index contributed by atoms with van der Waals surface area (Å²) in [6, 6.07) is 26.4. The van der Waals surface area contributed by atoms with Crippen molar-refractivity contribution in [3.63, 3.8) is 0 Å². The van der Waals surface area contributed by atoms with Crippen LogP contribution in [-0.2, 0) is 26.2 Å². The molecule has 1 saturated heterocycles. The van der Waals surface area contributed by atoms with Crippen molar-refractivity contribution in [3.8, 4) is 0 Å². The van der Waals surface area contributed by atoms with Crippen LogP contribution in [0.1, 0.15) is 12.0 Å². The molecule has 0 radical (unpaired) electrons. The van der Waals surface area contributed by atoms with Gasteiger partial charge in [-0.15, -0.1) is 0 Å². The minimum atomic E-state index is -4.18.